The van der Waals surface area contributed by atoms with E-state index in [1.165, 1.54) is 12.1 Å². The van der Waals surface area contributed by atoms with Gasteiger partial charge in [0.05, 0.1) is 10.6 Å². The van der Waals surface area contributed by atoms with Crippen molar-refractivity contribution in [1.82, 2.24) is 25.5 Å². The van der Waals surface area contributed by atoms with E-state index in [9.17, 15) is 12.8 Å². The molecule has 0 amide bonds. The van der Waals surface area contributed by atoms with Crippen LogP contribution < -0.4 is 15.5 Å². The van der Waals surface area contributed by atoms with Crippen LogP contribution in [0.25, 0.3) is 0 Å². The Labute approximate surface area is 211 Å². The predicted molar refractivity (Wildman–Crippen MR) is 136 cm³/mol. The first-order valence-electron chi connectivity index (χ1n) is 12.5. The topological polar surface area (TPSA) is 111 Å². The van der Waals surface area contributed by atoms with Crippen molar-refractivity contribution >= 4 is 22.3 Å². The number of hydrogen-bond donors (Lipinski definition) is 3. The minimum Gasteiger partial charge on any atom is -0.328 e. The van der Waals surface area contributed by atoms with Crippen LogP contribution in [0, 0.1) is 17.7 Å². The molecule has 1 aromatic carbocycles. The maximum atomic E-state index is 13.1. The highest BCUT2D eigenvalue weighted by Crippen LogP contribution is 2.29. The number of pyridine rings is 1. The second kappa shape index (κ2) is 11.0. The summed E-state index contributed by atoms with van der Waals surface area (Å²) in [5.74, 6) is 0.874. The fourth-order valence-corrected chi connectivity index (χ4v) is 5.66. The lowest BCUT2D eigenvalue weighted by molar-refractivity contribution is 0.209. The highest BCUT2D eigenvalue weighted by atomic mass is 32.2. The number of sulfonamides is 1. The molecule has 3 N–H and O–H groups in total. The molecule has 2 saturated carbocycles. The molecule has 2 aromatic rings. The van der Waals surface area contributed by atoms with Crippen molar-refractivity contribution in [1.29, 1.82) is 0 Å². The van der Waals surface area contributed by atoms with Crippen LogP contribution in [0.4, 0.5) is 4.39 Å². The van der Waals surface area contributed by atoms with E-state index in [-0.39, 0.29) is 17.0 Å². The Bertz CT molecular complexity index is 1180. The van der Waals surface area contributed by atoms with Gasteiger partial charge in [-0.25, -0.2) is 27.9 Å². The van der Waals surface area contributed by atoms with Crippen LogP contribution in [0.3, 0.4) is 0 Å². The zero-order valence-electron chi connectivity index (χ0n) is 20.1. The van der Waals surface area contributed by atoms with Crippen molar-refractivity contribution in [3.8, 4) is 0 Å². The Balaban J connectivity index is 1.11. The molecule has 192 valence electrons. The van der Waals surface area contributed by atoms with Gasteiger partial charge in [0, 0.05) is 25.3 Å². The molecule has 0 radical (unpaired) electrons. The number of nitrogens with zero attached hydrogens (tertiary/aromatic N) is 4. The zero-order valence-corrected chi connectivity index (χ0v) is 20.9. The lowest BCUT2D eigenvalue weighted by Crippen LogP contribution is -2.51. The third-order valence-electron chi connectivity index (χ3n) is 6.88. The fraction of sp³-hybridized carbons (Fsp3) is 0.480. The standard InChI is InChI=1S/C25H32FN7O2S/c26-20-8-12-22(13-9-20)36(34,35)30-16-19-6-4-18(5-7-19)15-28-25-29-17-33(32-21-10-11-21)24(31-25)23-3-1-2-14-27-23/h1-3,8-9,12-14,17-19,21,24,30,32H,4-7,10-11,15-16H2,(H,28,31). The van der Waals surface area contributed by atoms with Crippen molar-refractivity contribution in [3.05, 3.63) is 60.2 Å². The van der Waals surface area contributed by atoms with E-state index >= 15 is 0 Å². The van der Waals surface area contributed by atoms with E-state index in [1.807, 2.05) is 23.2 Å². The first-order chi connectivity index (χ1) is 17.5. The lowest BCUT2D eigenvalue weighted by atomic mass is 9.82. The Hall–Kier alpha value is -2.89. The van der Waals surface area contributed by atoms with Gasteiger partial charge >= 0.3 is 0 Å². The molecule has 1 atom stereocenters. The average molecular weight is 514 g/mol. The van der Waals surface area contributed by atoms with Gasteiger partial charge in [-0.3, -0.25) is 15.0 Å². The minimum atomic E-state index is -3.63. The molecule has 0 spiro atoms. The van der Waals surface area contributed by atoms with E-state index in [4.69, 9.17) is 4.99 Å². The molecule has 2 fully saturated rings. The van der Waals surface area contributed by atoms with Crippen molar-refractivity contribution in [2.75, 3.05) is 13.1 Å². The highest BCUT2D eigenvalue weighted by molar-refractivity contribution is 7.89. The van der Waals surface area contributed by atoms with Crippen LogP contribution in [0.2, 0.25) is 0 Å². The molecular weight excluding hydrogens is 481 g/mol. The molecule has 1 aromatic heterocycles. The number of aliphatic imine (C=N–C) groups is 2. The molecule has 36 heavy (non-hydrogen) atoms. The van der Waals surface area contributed by atoms with Gasteiger partial charge in [0.1, 0.15) is 12.2 Å². The van der Waals surface area contributed by atoms with Crippen molar-refractivity contribution in [2.24, 2.45) is 21.8 Å². The fourth-order valence-electron chi connectivity index (χ4n) is 4.54. The number of guanidine groups is 1. The number of benzene rings is 1. The maximum absolute atomic E-state index is 13.1. The molecule has 2 heterocycles. The number of hydrogen-bond acceptors (Lipinski definition) is 6. The second-order valence-corrected chi connectivity index (χ2v) is 11.5. The summed E-state index contributed by atoms with van der Waals surface area (Å²) in [5.41, 5.74) is 4.37. The monoisotopic (exact) mass is 513 g/mol. The van der Waals surface area contributed by atoms with E-state index in [2.05, 4.69) is 25.4 Å². The summed E-state index contributed by atoms with van der Waals surface area (Å²) in [6, 6.07) is 11.2. The largest absolute Gasteiger partial charge is 0.328 e. The van der Waals surface area contributed by atoms with Crippen LogP contribution in [-0.2, 0) is 10.0 Å². The molecule has 0 bridgehead atoms. The Kier molecular flexibility index (Phi) is 7.59. The average Bonchev–Trinajstić information content (AvgIpc) is 3.72. The normalized spacial score (nSPS) is 25.6. The molecule has 1 aliphatic heterocycles. The van der Waals surface area contributed by atoms with Gasteiger partial charge < -0.3 is 5.32 Å². The van der Waals surface area contributed by atoms with Crippen LogP contribution in [0.5, 0.6) is 0 Å². The molecule has 2 aliphatic carbocycles. The van der Waals surface area contributed by atoms with Gasteiger partial charge in [-0.05, 0) is 86.8 Å². The van der Waals surface area contributed by atoms with Crippen LogP contribution >= 0.6 is 0 Å². The van der Waals surface area contributed by atoms with E-state index < -0.39 is 15.8 Å². The van der Waals surface area contributed by atoms with Crippen molar-refractivity contribution in [2.45, 2.75) is 55.6 Å². The number of hydrazine groups is 1. The van der Waals surface area contributed by atoms with Crippen LogP contribution in [0.15, 0.2) is 63.5 Å². The van der Waals surface area contributed by atoms with Gasteiger partial charge in [-0.1, -0.05) is 6.07 Å². The molecule has 9 nitrogen and oxygen atoms in total. The van der Waals surface area contributed by atoms with Crippen molar-refractivity contribution < 1.29 is 12.8 Å². The third kappa shape index (κ3) is 6.45. The minimum absolute atomic E-state index is 0.0869. The quantitative estimate of drug-likeness (QED) is 0.476. The lowest BCUT2D eigenvalue weighted by Gasteiger charge is -2.34. The van der Waals surface area contributed by atoms with E-state index in [0.717, 1.165) is 56.4 Å². The SMILES string of the molecule is O=S(=O)(NCC1CCC(CN=C2N=CN(NC3CC3)C(c3ccccn3)N2)CC1)c1ccc(F)cc1. The number of rotatable bonds is 9. The Morgan fingerprint density at radius 1 is 1.03 bits per heavy atom. The summed E-state index contributed by atoms with van der Waals surface area (Å²) in [5, 5.41) is 5.38. The summed E-state index contributed by atoms with van der Waals surface area (Å²) < 4.78 is 40.7. The van der Waals surface area contributed by atoms with Gasteiger partial charge in [0.25, 0.3) is 0 Å². The first kappa shape index (κ1) is 24.8. The molecule has 5 rings (SSSR count). The molecule has 1 unspecified atom stereocenters. The van der Waals surface area contributed by atoms with Gasteiger partial charge in [-0.15, -0.1) is 0 Å². The van der Waals surface area contributed by atoms with Gasteiger partial charge in [0.2, 0.25) is 16.0 Å². The zero-order chi connectivity index (χ0) is 25.0. The number of halogens is 1. The molecular formula is C25H32FN7O2S. The van der Waals surface area contributed by atoms with E-state index in [1.54, 1.807) is 12.5 Å². The predicted octanol–water partition coefficient (Wildman–Crippen LogP) is 2.96. The summed E-state index contributed by atoms with van der Waals surface area (Å²) in [6.45, 7) is 1.07. The molecule has 0 saturated heterocycles. The summed E-state index contributed by atoms with van der Waals surface area (Å²) in [7, 11) is -3.63. The summed E-state index contributed by atoms with van der Waals surface area (Å²) in [4.78, 5) is 13.9. The highest BCUT2D eigenvalue weighted by Gasteiger charge is 2.30. The second-order valence-electron chi connectivity index (χ2n) is 9.71. The van der Waals surface area contributed by atoms with Gasteiger partial charge in [0.15, 0.2) is 6.17 Å². The van der Waals surface area contributed by atoms with Crippen LogP contribution in [-0.4, -0.2) is 49.8 Å². The van der Waals surface area contributed by atoms with Crippen LogP contribution in [0.1, 0.15) is 50.4 Å². The van der Waals surface area contributed by atoms with Crippen molar-refractivity contribution in [3.63, 3.8) is 0 Å². The maximum Gasteiger partial charge on any atom is 0.240 e. The number of aromatic nitrogens is 1. The summed E-state index contributed by atoms with van der Waals surface area (Å²) >= 11 is 0. The number of nitrogens with one attached hydrogen (secondary N) is 3. The Morgan fingerprint density at radius 3 is 2.47 bits per heavy atom. The van der Waals surface area contributed by atoms with E-state index in [0.29, 0.717) is 31.0 Å². The third-order valence-corrected chi connectivity index (χ3v) is 8.32. The molecule has 11 heteroatoms. The smallest absolute Gasteiger partial charge is 0.240 e. The Morgan fingerprint density at radius 2 is 1.78 bits per heavy atom. The summed E-state index contributed by atoms with van der Waals surface area (Å²) in [6.07, 6.45) is 9.58. The molecule has 3 aliphatic rings. The first-order valence-corrected chi connectivity index (χ1v) is 14.0. The van der Waals surface area contributed by atoms with Gasteiger partial charge in [-0.2, -0.15) is 0 Å².